The number of benzene rings is 2. The van der Waals surface area contributed by atoms with Crippen LogP contribution in [0, 0.1) is 0 Å². The molecule has 0 aliphatic heterocycles. The van der Waals surface area contributed by atoms with Crippen LogP contribution in [0.4, 0.5) is 0 Å². The minimum Gasteiger partial charge on any atom is -0.550 e. The van der Waals surface area contributed by atoms with Gasteiger partial charge in [0.2, 0.25) is 5.91 Å². The average Bonchev–Trinajstić information content (AvgIpc) is 2.81. The van der Waals surface area contributed by atoms with Gasteiger partial charge in [-0.15, -0.1) is 35.3 Å². The van der Waals surface area contributed by atoms with Crippen molar-refractivity contribution in [2.75, 3.05) is 25.6 Å². The Balaban J connectivity index is 0.00000432. The first-order valence-corrected chi connectivity index (χ1v) is 14.2. The fourth-order valence-electron chi connectivity index (χ4n) is 3.09. The SMILES string of the molecule is CN(C)C(=O)CCSC(SCCC(=O)[O-])c1cccc(SCc2ccc3ccc(Cl)cc3n2)c1.[Na+]. The molecule has 1 unspecified atom stereocenters. The van der Waals surface area contributed by atoms with Crippen molar-refractivity contribution in [3.63, 3.8) is 0 Å². The third-order valence-electron chi connectivity index (χ3n) is 4.89. The van der Waals surface area contributed by atoms with Crippen LogP contribution in [0.5, 0.6) is 0 Å². The Hall–Kier alpha value is -0.870. The van der Waals surface area contributed by atoms with E-state index >= 15 is 0 Å². The van der Waals surface area contributed by atoms with Gasteiger partial charge in [0.1, 0.15) is 0 Å². The number of carboxylic acid groups (broad SMARTS) is 1. The third kappa shape index (κ3) is 10.2. The van der Waals surface area contributed by atoms with E-state index < -0.39 is 5.97 Å². The molecule has 1 atom stereocenters. The van der Waals surface area contributed by atoms with Crippen LogP contribution in [-0.2, 0) is 15.3 Å². The monoisotopic (exact) mass is 556 g/mol. The molecular formula is C25H26ClN2NaO3S3. The third-order valence-corrected chi connectivity index (χ3v) is 9.00. The summed E-state index contributed by atoms with van der Waals surface area (Å²) in [7, 11) is 3.50. The summed E-state index contributed by atoms with van der Waals surface area (Å²) in [6, 6.07) is 18.1. The zero-order chi connectivity index (χ0) is 24.5. The van der Waals surface area contributed by atoms with Crippen molar-refractivity contribution < 1.29 is 44.3 Å². The Morgan fingerprint density at radius 3 is 2.46 bits per heavy atom. The average molecular weight is 557 g/mol. The number of nitrogens with zero attached hydrogens (tertiary/aromatic N) is 2. The molecule has 0 spiro atoms. The van der Waals surface area contributed by atoms with Gasteiger partial charge >= 0.3 is 29.6 Å². The number of hydrogen-bond donors (Lipinski definition) is 0. The molecule has 1 heterocycles. The molecule has 180 valence electrons. The van der Waals surface area contributed by atoms with Gasteiger partial charge in [0.25, 0.3) is 0 Å². The smallest absolute Gasteiger partial charge is 0.550 e. The molecule has 5 nitrogen and oxygen atoms in total. The van der Waals surface area contributed by atoms with Gasteiger partial charge in [-0.05, 0) is 48.1 Å². The molecule has 0 radical (unpaired) electrons. The summed E-state index contributed by atoms with van der Waals surface area (Å²) in [5.74, 6) is 0.884. The van der Waals surface area contributed by atoms with Crippen molar-refractivity contribution in [1.29, 1.82) is 0 Å². The Bertz CT molecular complexity index is 1150. The van der Waals surface area contributed by atoms with E-state index in [4.69, 9.17) is 16.6 Å². The van der Waals surface area contributed by atoms with E-state index in [0.717, 1.165) is 32.8 Å². The number of rotatable bonds is 12. The maximum Gasteiger partial charge on any atom is 1.00 e. The summed E-state index contributed by atoms with van der Waals surface area (Å²) in [5, 5.41) is 12.6. The largest absolute Gasteiger partial charge is 1.00 e. The molecule has 2 aromatic carbocycles. The van der Waals surface area contributed by atoms with Gasteiger partial charge in [-0.1, -0.05) is 35.9 Å². The van der Waals surface area contributed by atoms with Crippen LogP contribution in [0.2, 0.25) is 5.02 Å². The van der Waals surface area contributed by atoms with Crippen molar-refractivity contribution in [3.8, 4) is 0 Å². The summed E-state index contributed by atoms with van der Waals surface area (Å²) in [6.07, 6.45) is 0.450. The van der Waals surface area contributed by atoms with Gasteiger partial charge in [-0.3, -0.25) is 9.78 Å². The Morgan fingerprint density at radius 1 is 1.03 bits per heavy atom. The fourth-order valence-corrected chi connectivity index (χ4v) is 6.77. The second-order valence-corrected chi connectivity index (χ2v) is 11.9. The summed E-state index contributed by atoms with van der Waals surface area (Å²) < 4.78 is 0.0378. The van der Waals surface area contributed by atoms with Gasteiger partial charge in [0, 0.05) is 53.3 Å². The predicted molar refractivity (Wildman–Crippen MR) is 143 cm³/mol. The molecule has 0 saturated heterocycles. The number of hydrogen-bond acceptors (Lipinski definition) is 7. The van der Waals surface area contributed by atoms with Crippen LogP contribution in [0.1, 0.15) is 28.7 Å². The number of aromatic nitrogens is 1. The van der Waals surface area contributed by atoms with Gasteiger partial charge in [-0.25, -0.2) is 0 Å². The first kappa shape index (κ1) is 30.4. The van der Waals surface area contributed by atoms with Gasteiger partial charge in [-0.2, -0.15) is 0 Å². The van der Waals surface area contributed by atoms with Crippen molar-refractivity contribution in [2.24, 2.45) is 0 Å². The molecule has 0 fully saturated rings. The summed E-state index contributed by atoms with van der Waals surface area (Å²) in [5.41, 5.74) is 2.96. The normalized spacial score (nSPS) is 11.6. The number of carboxylic acids is 1. The van der Waals surface area contributed by atoms with E-state index in [0.29, 0.717) is 22.9 Å². The molecule has 10 heteroatoms. The van der Waals surface area contributed by atoms with Gasteiger partial charge in [0.15, 0.2) is 0 Å². The van der Waals surface area contributed by atoms with Crippen LogP contribution in [-0.4, -0.2) is 47.4 Å². The van der Waals surface area contributed by atoms with Crippen molar-refractivity contribution >= 4 is 69.7 Å². The summed E-state index contributed by atoms with van der Waals surface area (Å²) >= 11 is 11.0. The van der Waals surface area contributed by atoms with Crippen molar-refractivity contribution in [3.05, 3.63) is 70.9 Å². The second kappa shape index (κ2) is 15.4. The number of carbonyl (C=O) groups excluding carboxylic acids is 2. The second-order valence-electron chi connectivity index (χ2n) is 7.73. The predicted octanol–water partition coefficient (Wildman–Crippen LogP) is 2.27. The summed E-state index contributed by atoms with van der Waals surface area (Å²) in [4.78, 5) is 30.2. The molecule has 0 N–H and O–H groups in total. The number of aliphatic carboxylic acids is 1. The maximum absolute atomic E-state index is 11.9. The minimum absolute atomic E-state index is 0. The molecule has 1 aromatic heterocycles. The Kier molecular flexibility index (Phi) is 13.4. The molecule has 0 aliphatic carbocycles. The Labute approximate surface area is 246 Å². The van der Waals surface area contributed by atoms with E-state index in [1.165, 1.54) is 0 Å². The van der Waals surface area contributed by atoms with Crippen molar-refractivity contribution in [1.82, 2.24) is 9.88 Å². The first-order chi connectivity index (χ1) is 16.3. The quantitative estimate of drug-likeness (QED) is 0.192. The van der Waals surface area contributed by atoms with Crippen LogP contribution in [0.3, 0.4) is 0 Å². The maximum atomic E-state index is 11.9. The summed E-state index contributed by atoms with van der Waals surface area (Å²) in [6.45, 7) is 0. The van der Waals surface area contributed by atoms with E-state index in [2.05, 4.69) is 24.3 Å². The minimum atomic E-state index is -1.05. The molecule has 3 aromatic rings. The van der Waals surface area contributed by atoms with E-state index in [1.807, 2.05) is 30.3 Å². The molecule has 0 saturated carbocycles. The van der Waals surface area contributed by atoms with Gasteiger partial charge < -0.3 is 14.8 Å². The van der Waals surface area contributed by atoms with E-state index in [9.17, 15) is 14.7 Å². The molecular weight excluding hydrogens is 531 g/mol. The molecule has 35 heavy (non-hydrogen) atoms. The molecule has 3 rings (SSSR count). The molecule has 1 amide bonds. The first-order valence-electron chi connectivity index (χ1n) is 10.7. The zero-order valence-corrected chi connectivity index (χ0v) is 25.2. The zero-order valence-electron chi connectivity index (χ0n) is 20.0. The number of fused-ring (bicyclic) bond motifs is 1. The number of halogens is 1. The topological polar surface area (TPSA) is 73.3 Å². The molecule has 0 bridgehead atoms. The standard InChI is InChI=1S/C25H27ClN2O3S3.Na/c1-28(2)23(29)10-12-32-25(33-13-11-24(30)31)18-4-3-5-21(14-18)34-16-20-9-7-17-6-8-19(26)15-22(17)27-20;/h3-9,14-15,25H,10-13,16H2,1-2H3,(H,30,31);/q;+1/p-1. The number of pyridine rings is 1. The van der Waals surface area contributed by atoms with Crippen LogP contribution in [0.15, 0.2) is 59.5 Å². The number of carbonyl (C=O) groups is 2. The van der Waals surface area contributed by atoms with Crippen LogP contribution >= 0.6 is 46.9 Å². The number of amides is 1. The Morgan fingerprint density at radius 2 is 1.74 bits per heavy atom. The van der Waals surface area contributed by atoms with E-state index in [1.54, 1.807) is 54.3 Å². The molecule has 0 aliphatic rings. The van der Waals surface area contributed by atoms with E-state index in [-0.39, 0.29) is 46.5 Å². The number of thioether (sulfide) groups is 3. The van der Waals surface area contributed by atoms with Crippen LogP contribution < -0.4 is 34.7 Å². The fraction of sp³-hybridized carbons (Fsp3) is 0.320. The van der Waals surface area contributed by atoms with Crippen molar-refractivity contribution in [2.45, 2.75) is 28.1 Å². The van der Waals surface area contributed by atoms with Crippen LogP contribution in [0.25, 0.3) is 10.9 Å². The van der Waals surface area contributed by atoms with Gasteiger partial charge in [0.05, 0.1) is 15.8 Å².